The summed E-state index contributed by atoms with van der Waals surface area (Å²) < 4.78 is 6.12. The first-order valence-corrected chi connectivity index (χ1v) is 7.22. The Labute approximate surface area is 127 Å². The molecule has 0 aliphatic rings. The molecule has 1 amide bonds. The van der Waals surface area contributed by atoms with Crippen LogP contribution in [0.25, 0.3) is 0 Å². The Hall–Kier alpha value is -1.86. The minimum atomic E-state index is -1.07. The van der Waals surface area contributed by atoms with Crippen LogP contribution in [0.1, 0.15) is 9.67 Å². The first-order valence-electron chi connectivity index (χ1n) is 5.55. The summed E-state index contributed by atoms with van der Waals surface area (Å²) in [6, 6.07) is 8.63. The molecule has 0 saturated heterocycles. The number of halogens is 1. The number of ether oxygens (including phenoxy) is 1. The van der Waals surface area contributed by atoms with E-state index in [9.17, 15) is 9.59 Å². The molecule has 2 rings (SSSR count). The monoisotopic (exact) mass is 355 g/mol. The molecule has 0 spiro atoms. The van der Waals surface area contributed by atoms with E-state index in [4.69, 9.17) is 9.84 Å². The van der Waals surface area contributed by atoms with Crippen LogP contribution in [0.3, 0.4) is 0 Å². The molecule has 0 bridgehead atoms. The molecule has 1 heterocycles. The number of carboxylic acid groups (broad SMARTS) is 1. The van der Waals surface area contributed by atoms with Gasteiger partial charge in [-0.2, -0.15) is 0 Å². The minimum absolute atomic E-state index is 0.0847. The maximum absolute atomic E-state index is 11.7. The molecular formula is C13H10BrNO4S. The van der Waals surface area contributed by atoms with Crippen LogP contribution in [0.15, 0.2) is 40.2 Å². The predicted octanol–water partition coefficient (Wildman–Crippen LogP) is 3.23. The van der Waals surface area contributed by atoms with Crippen molar-refractivity contribution in [2.24, 2.45) is 0 Å². The van der Waals surface area contributed by atoms with Crippen LogP contribution in [-0.2, 0) is 4.79 Å². The maximum Gasteiger partial charge on any atom is 0.349 e. The van der Waals surface area contributed by atoms with Crippen molar-refractivity contribution in [1.29, 1.82) is 0 Å². The number of carboxylic acids is 1. The Balaban J connectivity index is 1.90. The molecule has 7 heteroatoms. The van der Waals surface area contributed by atoms with Crippen molar-refractivity contribution in [2.75, 3.05) is 11.9 Å². The lowest BCUT2D eigenvalue weighted by Gasteiger charge is -2.07. The van der Waals surface area contributed by atoms with Gasteiger partial charge in [0.2, 0.25) is 0 Å². The fourth-order valence-corrected chi connectivity index (χ4v) is 2.38. The lowest BCUT2D eigenvalue weighted by atomic mass is 10.3. The Kier molecular flexibility index (Phi) is 4.75. The van der Waals surface area contributed by atoms with Crippen molar-refractivity contribution in [2.45, 2.75) is 0 Å². The second-order valence-corrected chi connectivity index (χ2v) is 5.59. The fraction of sp³-hybridized carbons (Fsp3) is 0.0769. The highest BCUT2D eigenvalue weighted by Crippen LogP contribution is 2.24. The molecule has 0 atom stereocenters. The van der Waals surface area contributed by atoms with Crippen molar-refractivity contribution in [1.82, 2.24) is 0 Å². The summed E-state index contributed by atoms with van der Waals surface area (Å²) >= 11 is 4.35. The number of hydrogen-bond acceptors (Lipinski definition) is 4. The van der Waals surface area contributed by atoms with Gasteiger partial charge in [-0.15, -0.1) is 11.3 Å². The SMILES string of the molecule is O=C(COc1ccsc1C(=O)O)Nc1ccc(Br)cc1. The van der Waals surface area contributed by atoms with Crippen LogP contribution in [0, 0.1) is 0 Å². The molecule has 2 aromatic rings. The van der Waals surface area contributed by atoms with E-state index in [0.29, 0.717) is 5.69 Å². The van der Waals surface area contributed by atoms with Gasteiger partial charge in [0, 0.05) is 10.2 Å². The molecule has 5 nitrogen and oxygen atoms in total. The number of hydrogen-bond donors (Lipinski definition) is 2. The number of carbonyl (C=O) groups excluding carboxylic acids is 1. The van der Waals surface area contributed by atoms with Gasteiger partial charge >= 0.3 is 5.97 Å². The van der Waals surface area contributed by atoms with Gasteiger partial charge < -0.3 is 15.2 Å². The highest BCUT2D eigenvalue weighted by Gasteiger charge is 2.14. The van der Waals surface area contributed by atoms with Crippen molar-refractivity contribution in [3.8, 4) is 5.75 Å². The maximum atomic E-state index is 11.7. The first-order chi connectivity index (χ1) is 9.56. The van der Waals surface area contributed by atoms with E-state index in [0.717, 1.165) is 15.8 Å². The number of benzene rings is 1. The van der Waals surface area contributed by atoms with E-state index in [1.165, 1.54) is 6.07 Å². The summed E-state index contributed by atoms with van der Waals surface area (Å²) in [5, 5.41) is 13.2. The zero-order valence-corrected chi connectivity index (χ0v) is 12.5. The molecule has 104 valence electrons. The number of thiophene rings is 1. The average Bonchev–Trinajstić information content (AvgIpc) is 2.88. The smallest absolute Gasteiger partial charge is 0.349 e. The fourth-order valence-electron chi connectivity index (χ4n) is 1.44. The molecule has 0 aliphatic heterocycles. The van der Waals surface area contributed by atoms with Crippen LogP contribution in [0.5, 0.6) is 5.75 Å². The van der Waals surface area contributed by atoms with Crippen molar-refractivity contribution in [3.63, 3.8) is 0 Å². The van der Waals surface area contributed by atoms with E-state index in [1.807, 2.05) is 0 Å². The molecule has 2 N–H and O–H groups in total. The largest absolute Gasteiger partial charge is 0.482 e. The Morgan fingerprint density at radius 1 is 1.25 bits per heavy atom. The second kappa shape index (κ2) is 6.53. The Morgan fingerprint density at radius 2 is 1.95 bits per heavy atom. The third kappa shape index (κ3) is 3.82. The van der Waals surface area contributed by atoms with Crippen molar-refractivity contribution in [3.05, 3.63) is 45.1 Å². The summed E-state index contributed by atoms with van der Waals surface area (Å²) in [6.07, 6.45) is 0. The van der Waals surface area contributed by atoms with Crippen LogP contribution >= 0.6 is 27.3 Å². The third-order valence-corrected chi connectivity index (χ3v) is 3.72. The van der Waals surface area contributed by atoms with E-state index in [-0.39, 0.29) is 23.1 Å². The number of anilines is 1. The van der Waals surface area contributed by atoms with Gasteiger partial charge in [-0.1, -0.05) is 15.9 Å². The van der Waals surface area contributed by atoms with Gasteiger partial charge in [-0.05, 0) is 35.7 Å². The molecule has 1 aromatic heterocycles. The molecule has 1 aromatic carbocycles. The van der Waals surface area contributed by atoms with Gasteiger partial charge in [-0.25, -0.2) is 4.79 Å². The van der Waals surface area contributed by atoms with Crippen molar-refractivity contribution >= 4 is 44.8 Å². The lowest BCUT2D eigenvalue weighted by molar-refractivity contribution is -0.118. The zero-order chi connectivity index (χ0) is 14.5. The molecule has 0 saturated carbocycles. The molecule has 0 aliphatic carbocycles. The standard InChI is InChI=1S/C13H10BrNO4S/c14-8-1-3-9(4-2-8)15-11(16)7-19-10-5-6-20-12(10)13(17)18/h1-6H,7H2,(H,15,16)(H,17,18). The van der Waals surface area contributed by atoms with Crippen LogP contribution in [-0.4, -0.2) is 23.6 Å². The first kappa shape index (κ1) is 14.5. The van der Waals surface area contributed by atoms with Crippen molar-refractivity contribution < 1.29 is 19.4 Å². The quantitative estimate of drug-likeness (QED) is 0.863. The van der Waals surface area contributed by atoms with Crippen LogP contribution < -0.4 is 10.1 Å². The predicted molar refractivity (Wildman–Crippen MR) is 79.5 cm³/mol. The summed E-state index contributed by atoms with van der Waals surface area (Å²) in [7, 11) is 0. The summed E-state index contributed by atoms with van der Waals surface area (Å²) in [6.45, 7) is -0.243. The van der Waals surface area contributed by atoms with Gasteiger partial charge in [0.25, 0.3) is 5.91 Å². The van der Waals surface area contributed by atoms with Gasteiger partial charge in [0.15, 0.2) is 11.5 Å². The second-order valence-electron chi connectivity index (χ2n) is 3.76. The number of rotatable bonds is 5. The Bertz CT molecular complexity index is 624. The van der Waals surface area contributed by atoms with E-state index < -0.39 is 5.97 Å². The normalized spacial score (nSPS) is 10.1. The highest BCUT2D eigenvalue weighted by molar-refractivity contribution is 9.10. The van der Waals surface area contributed by atoms with Crippen LogP contribution in [0.2, 0.25) is 0 Å². The summed E-state index contributed by atoms with van der Waals surface area (Å²) in [5.41, 5.74) is 0.644. The van der Waals surface area contributed by atoms with Gasteiger partial charge in [-0.3, -0.25) is 4.79 Å². The number of nitrogens with one attached hydrogen (secondary N) is 1. The van der Waals surface area contributed by atoms with Gasteiger partial charge in [0.1, 0.15) is 5.75 Å². The zero-order valence-electron chi connectivity index (χ0n) is 10.1. The summed E-state index contributed by atoms with van der Waals surface area (Å²) in [5.74, 6) is -1.22. The number of carbonyl (C=O) groups is 2. The highest BCUT2D eigenvalue weighted by atomic mass is 79.9. The Morgan fingerprint density at radius 3 is 2.60 bits per heavy atom. The molecule has 0 radical (unpaired) electrons. The number of amides is 1. The number of aromatic carboxylic acids is 1. The molecule has 0 unspecified atom stereocenters. The average molecular weight is 356 g/mol. The van der Waals surface area contributed by atoms with Gasteiger partial charge in [0.05, 0.1) is 0 Å². The third-order valence-electron chi connectivity index (χ3n) is 2.31. The lowest BCUT2D eigenvalue weighted by Crippen LogP contribution is -2.20. The topological polar surface area (TPSA) is 75.6 Å². The molecule has 20 heavy (non-hydrogen) atoms. The van der Waals surface area contributed by atoms with E-state index in [2.05, 4.69) is 21.2 Å². The molecule has 0 fully saturated rings. The van der Waals surface area contributed by atoms with E-state index >= 15 is 0 Å². The molecular weight excluding hydrogens is 346 g/mol. The summed E-state index contributed by atoms with van der Waals surface area (Å²) in [4.78, 5) is 22.6. The minimum Gasteiger partial charge on any atom is -0.482 e. The van der Waals surface area contributed by atoms with Crippen LogP contribution in [0.4, 0.5) is 5.69 Å². The van der Waals surface area contributed by atoms with E-state index in [1.54, 1.807) is 29.6 Å².